The van der Waals surface area contributed by atoms with Gasteiger partial charge in [-0.2, -0.15) is 13.2 Å². The molecule has 2 unspecified atom stereocenters. The van der Waals surface area contributed by atoms with Gasteiger partial charge in [-0.05, 0) is 67.6 Å². The van der Waals surface area contributed by atoms with Crippen LogP contribution in [0.2, 0.25) is 0 Å². The van der Waals surface area contributed by atoms with Crippen molar-refractivity contribution in [3.63, 3.8) is 0 Å². The molecule has 1 fully saturated rings. The number of carbonyl (C=O) groups excluding carboxylic acids is 1. The fraction of sp³-hybridized carbons (Fsp3) is 0.458. The molecule has 3 atom stereocenters. The number of benzene rings is 2. The van der Waals surface area contributed by atoms with E-state index >= 15 is 0 Å². The fourth-order valence-corrected chi connectivity index (χ4v) is 4.80. The molecule has 166 valence electrons. The van der Waals surface area contributed by atoms with Gasteiger partial charge in [-0.3, -0.25) is 4.79 Å². The fourth-order valence-electron chi connectivity index (χ4n) is 4.80. The van der Waals surface area contributed by atoms with Crippen molar-refractivity contribution in [2.45, 2.75) is 52.5 Å². The summed E-state index contributed by atoms with van der Waals surface area (Å²) in [5.41, 5.74) is 3.61. The van der Waals surface area contributed by atoms with Crippen LogP contribution in [0.25, 0.3) is 0 Å². The van der Waals surface area contributed by atoms with Crippen LogP contribution >= 0.6 is 0 Å². The Labute approximate surface area is 179 Å². The van der Waals surface area contributed by atoms with E-state index in [1.54, 1.807) is 0 Å². The normalized spacial score (nSPS) is 22.5. The lowest BCUT2D eigenvalue weighted by Gasteiger charge is -2.31. The zero-order valence-corrected chi connectivity index (χ0v) is 17.9. The smallest absolute Gasteiger partial charge is 0.416 e. The zero-order chi connectivity index (χ0) is 22.5. The van der Waals surface area contributed by atoms with E-state index < -0.39 is 11.7 Å². The van der Waals surface area contributed by atoms with Gasteiger partial charge in [-0.15, -0.1) is 0 Å². The number of ether oxygens (including phenoxy) is 3. The number of rotatable bonds is 4. The van der Waals surface area contributed by atoms with Crippen molar-refractivity contribution in [1.82, 2.24) is 0 Å². The minimum atomic E-state index is -4.45. The Kier molecular flexibility index (Phi) is 5.40. The van der Waals surface area contributed by atoms with Gasteiger partial charge in [0.15, 0.2) is 0 Å². The lowest BCUT2D eigenvalue weighted by Crippen LogP contribution is -2.22. The number of hydrogen-bond donors (Lipinski definition) is 0. The van der Waals surface area contributed by atoms with Gasteiger partial charge < -0.3 is 14.2 Å². The van der Waals surface area contributed by atoms with E-state index in [0.717, 1.165) is 41.7 Å². The first-order chi connectivity index (χ1) is 14.6. The Morgan fingerprint density at radius 2 is 1.90 bits per heavy atom. The molecule has 4 rings (SSSR count). The number of hydrogen-bond acceptors (Lipinski definition) is 4. The molecule has 7 heteroatoms. The first kappa shape index (κ1) is 21.5. The average Bonchev–Trinajstić information content (AvgIpc) is 3.02. The number of alkyl halides is 3. The van der Waals surface area contributed by atoms with Crippen molar-refractivity contribution in [3.8, 4) is 11.5 Å². The number of fused-ring (bicyclic) bond motifs is 3. The van der Waals surface area contributed by atoms with Crippen molar-refractivity contribution < 1.29 is 32.2 Å². The van der Waals surface area contributed by atoms with Crippen molar-refractivity contribution in [1.29, 1.82) is 0 Å². The van der Waals surface area contributed by atoms with Crippen LogP contribution in [0.15, 0.2) is 24.3 Å². The second-order valence-corrected chi connectivity index (χ2v) is 8.37. The highest BCUT2D eigenvalue weighted by atomic mass is 19.4. The Bertz CT molecular complexity index is 1030. The van der Waals surface area contributed by atoms with Crippen LogP contribution in [-0.4, -0.2) is 13.1 Å². The Morgan fingerprint density at radius 1 is 1.16 bits per heavy atom. The molecule has 0 bridgehead atoms. The highest BCUT2D eigenvalue weighted by Crippen LogP contribution is 2.49. The molecule has 31 heavy (non-hydrogen) atoms. The molecular formula is C24H25F3O4. The van der Waals surface area contributed by atoms with Crippen LogP contribution in [-0.2, 0) is 28.7 Å². The van der Waals surface area contributed by atoms with E-state index in [2.05, 4.69) is 0 Å². The van der Waals surface area contributed by atoms with E-state index in [0.29, 0.717) is 17.1 Å². The van der Waals surface area contributed by atoms with E-state index in [1.807, 2.05) is 26.8 Å². The minimum Gasteiger partial charge on any atom is -0.496 e. The third kappa shape index (κ3) is 3.75. The molecule has 0 saturated carbocycles. The van der Waals surface area contributed by atoms with Gasteiger partial charge in [-0.1, -0.05) is 6.92 Å². The van der Waals surface area contributed by atoms with Crippen molar-refractivity contribution in [2.24, 2.45) is 11.8 Å². The van der Waals surface area contributed by atoms with E-state index in [9.17, 15) is 18.0 Å². The Balaban J connectivity index is 1.67. The first-order valence-corrected chi connectivity index (χ1v) is 10.3. The van der Waals surface area contributed by atoms with Crippen LogP contribution in [0, 0.1) is 25.7 Å². The van der Waals surface area contributed by atoms with E-state index in [4.69, 9.17) is 14.2 Å². The van der Waals surface area contributed by atoms with Crippen LogP contribution in [0.5, 0.6) is 11.5 Å². The van der Waals surface area contributed by atoms with Gasteiger partial charge in [-0.25, -0.2) is 0 Å². The lowest BCUT2D eigenvalue weighted by molar-refractivity contribution is -0.144. The molecule has 1 heterocycles. The molecule has 2 aliphatic rings. The molecule has 1 saturated heterocycles. The third-order valence-electron chi connectivity index (χ3n) is 6.57. The summed E-state index contributed by atoms with van der Waals surface area (Å²) in [6, 6.07) is 5.26. The molecule has 1 aliphatic heterocycles. The molecule has 0 aromatic heterocycles. The van der Waals surface area contributed by atoms with Crippen LogP contribution < -0.4 is 9.47 Å². The molecular weight excluding hydrogens is 409 g/mol. The summed E-state index contributed by atoms with van der Waals surface area (Å²) in [5.74, 6) is 0.722. The highest BCUT2D eigenvalue weighted by molar-refractivity contribution is 5.76. The van der Waals surface area contributed by atoms with Gasteiger partial charge in [0, 0.05) is 17.0 Å². The van der Waals surface area contributed by atoms with Crippen molar-refractivity contribution in [3.05, 3.63) is 57.6 Å². The number of esters is 1. The highest BCUT2D eigenvalue weighted by Gasteiger charge is 2.46. The summed E-state index contributed by atoms with van der Waals surface area (Å²) in [6.07, 6.45) is -2.98. The summed E-state index contributed by atoms with van der Waals surface area (Å²) in [7, 11) is 1.41. The largest absolute Gasteiger partial charge is 0.496 e. The van der Waals surface area contributed by atoms with Gasteiger partial charge in [0.05, 0.1) is 18.6 Å². The summed E-state index contributed by atoms with van der Waals surface area (Å²) < 4.78 is 56.3. The molecule has 4 nitrogen and oxygen atoms in total. The first-order valence-electron chi connectivity index (χ1n) is 10.3. The maximum atomic E-state index is 13.1. The molecule has 1 aliphatic carbocycles. The van der Waals surface area contributed by atoms with Crippen LogP contribution in [0.3, 0.4) is 0 Å². The van der Waals surface area contributed by atoms with Crippen LogP contribution in [0.4, 0.5) is 13.2 Å². The van der Waals surface area contributed by atoms with Crippen molar-refractivity contribution >= 4 is 5.97 Å². The Morgan fingerprint density at radius 3 is 2.58 bits per heavy atom. The molecule has 0 radical (unpaired) electrons. The van der Waals surface area contributed by atoms with E-state index in [-0.39, 0.29) is 30.5 Å². The molecule has 0 N–H and O–H groups in total. The second kappa shape index (κ2) is 7.77. The third-order valence-corrected chi connectivity index (χ3v) is 6.57. The van der Waals surface area contributed by atoms with Gasteiger partial charge in [0.25, 0.3) is 0 Å². The molecule has 0 spiro atoms. The number of carbonyl (C=O) groups is 1. The number of methoxy groups -OCH3 is 1. The van der Waals surface area contributed by atoms with Gasteiger partial charge in [0.1, 0.15) is 24.2 Å². The predicted octanol–water partition coefficient (Wildman–Crippen LogP) is 5.71. The number of aryl methyl sites for hydroxylation is 1. The molecule has 2 aromatic carbocycles. The quantitative estimate of drug-likeness (QED) is 0.579. The second-order valence-electron chi connectivity index (χ2n) is 8.37. The van der Waals surface area contributed by atoms with Gasteiger partial charge in [0.2, 0.25) is 0 Å². The predicted molar refractivity (Wildman–Crippen MR) is 108 cm³/mol. The van der Waals surface area contributed by atoms with E-state index in [1.165, 1.54) is 18.7 Å². The minimum absolute atomic E-state index is 0.0730. The topological polar surface area (TPSA) is 44.8 Å². The summed E-state index contributed by atoms with van der Waals surface area (Å²) in [4.78, 5) is 12.2. The monoisotopic (exact) mass is 434 g/mol. The SMILES string of the molecule is COc1ccc(C(F)(F)F)cc1COc1cc(C)c2c(c1C)C1OC(=O)C(C)[C@@H]1CC2. The van der Waals surface area contributed by atoms with Crippen LogP contribution in [0.1, 0.15) is 52.8 Å². The maximum absolute atomic E-state index is 13.1. The lowest BCUT2D eigenvalue weighted by atomic mass is 9.74. The molecule has 0 amide bonds. The standard InChI is InChI=1S/C24H25F3O4/c1-12-9-20(30-11-15-10-16(24(25,26)27)5-8-19(15)29-4)14(3)21-17(12)6-7-18-13(2)23(28)31-22(18)21/h5,8-10,13,18,22H,6-7,11H2,1-4H3/t13?,18-,22?/m0/s1. The average molecular weight is 434 g/mol. The summed E-state index contributed by atoms with van der Waals surface area (Å²) in [6.45, 7) is 5.73. The Hall–Kier alpha value is -2.70. The van der Waals surface area contributed by atoms with Crippen molar-refractivity contribution in [2.75, 3.05) is 7.11 Å². The summed E-state index contributed by atoms with van der Waals surface area (Å²) in [5, 5.41) is 0. The molecule has 2 aromatic rings. The van der Waals surface area contributed by atoms with Gasteiger partial charge >= 0.3 is 12.1 Å². The summed E-state index contributed by atoms with van der Waals surface area (Å²) >= 11 is 0. The number of halogens is 3. The maximum Gasteiger partial charge on any atom is 0.416 e. The zero-order valence-electron chi connectivity index (χ0n) is 17.9.